The number of esters is 1. The average Bonchev–Trinajstić information content (AvgIpc) is 2.98. The molecular weight excluding hydrogens is 244 g/mol. The molecule has 0 fully saturated rings. The maximum atomic E-state index is 11.7. The van der Waals surface area contributed by atoms with E-state index in [4.69, 9.17) is 4.74 Å². The number of aromatic nitrogens is 2. The smallest absolute Gasteiger partial charge is 0.338 e. The Hall–Kier alpha value is -2.69. The first kappa shape index (κ1) is 12.8. The van der Waals surface area contributed by atoms with Crippen molar-refractivity contribution in [3.63, 3.8) is 0 Å². The standard InChI is InChI=1S/C14H12N2O3/c1-2-11-3-5-12(6-4-11)14(18)19-9-13(17)16-8-7-15-10-16/h2-8,10H,1,9H2. The molecule has 1 heterocycles. The molecule has 19 heavy (non-hydrogen) atoms. The largest absolute Gasteiger partial charge is 0.452 e. The van der Waals surface area contributed by atoms with Crippen LogP contribution in [0.5, 0.6) is 0 Å². The normalized spacial score (nSPS) is 9.89. The third kappa shape index (κ3) is 3.16. The van der Waals surface area contributed by atoms with Crippen LogP contribution in [0.15, 0.2) is 49.6 Å². The summed E-state index contributed by atoms with van der Waals surface area (Å²) in [6.07, 6.45) is 6.01. The zero-order valence-corrected chi connectivity index (χ0v) is 10.2. The van der Waals surface area contributed by atoms with Crippen LogP contribution in [-0.4, -0.2) is 28.0 Å². The van der Waals surface area contributed by atoms with E-state index < -0.39 is 5.97 Å². The van der Waals surface area contributed by atoms with E-state index in [0.717, 1.165) is 5.56 Å². The Morgan fingerprint density at radius 3 is 2.63 bits per heavy atom. The predicted octanol–water partition coefficient (Wildman–Crippen LogP) is 2.02. The molecule has 1 aromatic heterocycles. The van der Waals surface area contributed by atoms with Crippen LogP contribution in [-0.2, 0) is 4.74 Å². The van der Waals surface area contributed by atoms with Gasteiger partial charge in [-0.1, -0.05) is 24.8 Å². The summed E-state index contributed by atoms with van der Waals surface area (Å²) in [5, 5.41) is 0. The van der Waals surface area contributed by atoms with Crippen LogP contribution >= 0.6 is 0 Å². The number of rotatable bonds is 4. The first-order chi connectivity index (χ1) is 9.20. The van der Waals surface area contributed by atoms with Gasteiger partial charge < -0.3 is 4.74 Å². The van der Waals surface area contributed by atoms with Crippen LogP contribution in [0.3, 0.4) is 0 Å². The van der Waals surface area contributed by atoms with Crippen LogP contribution in [0.1, 0.15) is 20.7 Å². The fourth-order valence-electron chi connectivity index (χ4n) is 1.45. The molecule has 5 heteroatoms. The van der Waals surface area contributed by atoms with E-state index in [1.807, 2.05) is 0 Å². The lowest BCUT2D eigenvalue weighted by Crippen LogP contribution is -2.18. The SMILES string of the molecule is C=Cc1ccc(C(=O)OCC(=O)n2ccnc2)cc1. The van der Waals surface area contributed by atoms with Crippen LogP contribution in [0.4, 0.5) is 0 Å². The van der Waals surface area contributed by atoms with Gasteiger partial charge in [0.05, 0.1) is 5.56 Å². The van der Waals surface area contributed by atoms with Gasteiger partial charge in [0.2, 0.25) is 0 Å². The van der Waals surface area contributed by atoms with Gasteiger partial charge in [0.15, 0.2) is 6.61 Å². The van der Waals surface area contributed by atoms with Crippen LogP contribution < -0.4 is 0 Å². The Kier molecular flexibility index (Phi) is 3.87. The van der Waals surface area contributed by atoms with Gasteiger partial charge in [-0.3, -0.25) is 9.36 Å². The molecule has 2 rings (SSSR count). The molecule has 96 valence electrons. The third-order valence-electron chi connectivity index (χ3n) is 2.50. The summed E-state index contributed by atoms with van der Waals surface area (Å²) >= 11 is 0. The fraction of sp³-hybridized carbons (Fsp3) is 0.0714. The minimum atomic E-state index is -0.538. The Morgan fingerprint density at radius 2 is 2.05 bits per heavy atom. The number of nitrogens with zero attached hydrogens (tertiary/aromatic N) is 2. The first-order valence-electron chi connectivity index (χ1n) is 5.61. The van der Waals surface area contributed by atoms with Crippen molar-refractivity contribution < 1.29 is 14.3 Å². The van der Waals surface area contributed by atoms with Crippen molar-refractivity contribution in [1.29, 1.82) is 0 Å². The summed E-state index contributed by atoms with van der Waals surface area (Å²) in [6, 6.07) is 6.75. The molecule has 0 atom stereocenters. The van der Waals surface area contributed by atoms with Crippen molar-refractivity contribution in [3.05, 3.63) is 60.7 Å². The summed E-state index contributed by atoms with van der Waals surface area (Å²) in [6.45, 7) is 3.30. The maximum absolute atomic E-state index is 11.7. The van der Waals surface area contributed by atoms with Crippen molar-refractivity contribution >= 4 is 18.0 Å². The molecule has 2 aromatic rings. The number of imidazole rings is 1. The lowest BCUT2D eigenvalue weighted by Gasteiger charge is -2.04. The van der Waals surface area contributed by atoms with Crippen molar-refractivity contribution in [2.75, 3.05) is 6.61 Å². The quantitative estimate of drug-likeness (QED) is 0.785. The van der Waals surface area contributed by atoms with Gasteiger partial charge in [0.1, 0.15) is 6.33 Å². The molecule has 0 saturated heterocycles. The zero-order valence-electron chi connectivity index (χ0n) is 10.2. The summed E-state index contributed by atoms with van der Waals surface area (Å²) < 4.78 is 6.18. The minimum Gasteiger partial charge on any atom is -0.452 e. The first-order valence-corrected chi connectivity index (χ1v) is 5.61. The predicted molar refractivity (Wildman–Crippen MR) is 69.7 cm³/mol. The van der Waals surface area contributed by atoms with Gasteiger partial charge in [-0.2, -0.15) is 0 Å². The van der Waals surface area contributed by atoms with Gasteiger partial charge in [-0.15, -0.1) is 0 Å². The highest BCUT2D eigenvalue weighted by Crippen LogP contribution is 2.07. The zero-order chi connectivity index (χ0) is 13.7. The third-order valence-corrected chi connectivity index (χ3v) is 2.50. The number of hydrogen-bond acceptors (Lipinski definition) is 4. The van der Waals surface area contributed by atoms with Gasteiger partial charge in [0.25, 0.3) is 5.91 Å². The molecular formula is C14H12N2O3. The number of carbonyl (C=O) groups excluding carboxylic acids is 2. The molecule has 0 radical (unpaired) electrons. The molecule has 0 unspecified atom stereocenters. The number of hydrogen-bond donors (Lipinski definition) is 0. The summed E-state index contributed by atoms with van der Waals surface area (Å²) in [5.41, 5.74) is 1.30. The van der Waals surface area contributed by atoms with Gasteiger partial charge in [-0.25, -0.2) is 9.78 Å². The van der Waals surface area contributed by atoms with E-state index >= 15 is 0 Å². The molecule has 0 aliphatic heterocycles. The second kappa shape index (κ2) is 5.77. The molecule has 0 amide bonds. The van der Waals surface area contributed by atoms with E-state index in [2.05, 4.69) is 11.6 Å². The number of benzene rings is 1. The van der Waals surface area contributed by atoms with Crippen molar-refractivity contribution in [1.82, 2.24) is 9.55 Å². The van der Waals surface area contributed by atoms with E-state index in [-0.39, 0.29) is 12.5 Å². The highest BCUT2D eigenvalue weighted by molar-refractivity contribution is 5.91. The minimum absolute atomic E-state index is 0.321. The summed E-state index contributed by atoms with van der Waals surface area (Å²) in [5.74, 6) is -0.891. The molecule has 1 aromatic carbocycles. The summed E-state index contributed by atoms with van der Waals surface area (Å²) in [7, 11) is 0. The van der Waals surface area contributed by atoms with Crippen LogP contribution in [0.25, 0.3) is 6.08 Å². The lowest BCUT2D eigenvalue weighted by atomic mass is 10.1. The van der Waals surface area contributed by atoms with E-state index in [9.17, 15) is 9.59 Å². The molecule has 0 saturated carbocycles. The molecule has 0 aliphatic rings. The number of ether oxygens (including phenoxy) is 1. The average molecular weight is 256 g/mol. The van der Waals surface area contributed by atoms with Gasteiger partial charge in [-0.05, 0) is 17.7 Å². The van der Waals surface area contributed by atoms with E-state index in [1.54, 1.807) is 30.3 Å². The Balaban J connectivity index is 1.93. The molecule has 0 N–H and O–H groups in total. The molecule has 0 bridgehead atoms. The van der Waals surface area contributed by atoms with Crippen LogP contribution in [0.2, 0.25) is 0 Å². The lowest BCUT2D eigenvalue weighted by molar-refractivity contribution is 0.0448. The fourth-order valence-corrected chi connectivity index (χ4v) is 1.45. The second-order valence-corrected chi connectivity index (χ2v) is 3.77. The van der Waals surface area contributed by atoms with Crippen molar-refractivity contribution in [3.8, 4) is 0 Å². The van der Waals surface area contributed by atoms with Crippen molar-refractivity contribution in [2.24, 2.45) is 0 Å². The van der Waals surface area contributed by atoms with Crippen LogP contribution in [0, 0.1) is 0 Å². The number of carbonyl (C=O) groups is 2. The van der Waals surface area contributed by atoms with Crippen molar-refractivity contribution in [2.45, 2.75) is 0 Å². The highest BCUT2D eigenvalue weighted by Gasteiger charge is 2.10. The Labute approximate surface area is 110 Å². The maximum Gasteiger partial charge on any atom is 0.338 e. The molecule has 0 spiro atoms. The van der Waals surface area contributed by atoms with Gasteiger partial charge >= 0.3 is 5.97 Å². The Bertz CT molecular complexity index is 586. The molecule has 0 aliphatic carbocycles. The highest BCUT2D eigenvalue weighted by atomic mass is 16.5. The Morgan fingerprint density at radius 1 is 1.32 bits per heavy atom. The topological polar surface area (TPSA) is 61.2 Å². The monoisotopic (exact) mass is 256 g/mol. The summed E-state index contributed by atoms with van der Waals surface area (Å²) in [4.78, 5) is 27.0. The van der Waals surface area contributed by atoms with Gasteiger partial charge in [0, 0.05) is 12.4 Å². The molecule has 5 nitrogen and oxygen atoms in total. The van der Waals surface area contributed by atoms with E-state index in [1.165, 1.54) is 23.3 Å². The second-order valence-electron chi connectivity index (χ2n) is 3.77. The van der Waals surface area contributed by atoms with E-state index in [0.29, 0.717) is 5.56 Å².